The Morgan fingerprint density at radius 3 is 2.67 bits per heavy atom. The van der Waals surface area contributed by atoms with Crippen molar-refractivity contribution in [1.82, 2.24) is 9.97 Å². The Balaban J connectivity index is 1.74. The molecule has 0 bridgehead atoms. The van der Waals surface area contributed by atoms with Crippen molar-refractivity contribution < 1.29 is 9.53 Å². The first kappa shape index (κ1) is 16.1. The smallest absolute Gasteiger partial charge is 0.310 e. The summed E-state index contributed by atoms with van der Waals surface area (Å²) in [6, 6.07) is 16.2. The van der Waals surface area contributed by atoms with Gasteiger partial charge >= 0.3 is 5.97 Å². The fraction of sp³-hybridized carbons (Fsp3) is 0.250. The number of rotatable bonds is 6. The SMILES string of the molecule is COC(=O)Cc1cccc2cnc(CCCc3ccccc3)nc12. The van der Waals surface area contributed by atoms with E-state index in [4.69, 9.17) is 4.74 Å². The maximum atomic E-state index is 11.6. The minimum atomic E-state index is -0.258. The molecule has 0 atom stereocenters. The van der Waals surface area contributed by atoms with Gasteiger partial charge in [0, 0.05) is 18.0 Å². The number of methoxy groups -OCH3 is 1. The summed E-state index contributed by atoms with van der Waals surface area (Å²) in [4.78, 5) is 20.7. The summed E-state index contributed by atoms with van der Waals surface area (Å²) in [6.45, 7) is 0. The van der Waals surface area contributed by atoms with Crippen LogP contribution >= 0.6 is 0 Å². The van der Waals surface area contributed by atoms with Crippen molar-refractivity contribution in [3.05, 3.63) is 71.7 Å². The van der Waals surface area contributed by atoms with Crippen LogP contribution in [0.5, 0.6) is 0 Å². The van der Waals surface area contributed by atoms with Gasteiger partial charge in [-0.15, -0.1) is 0 Å². The number of carbonyl (C=O) groups is 1. The van der Waals surface area contributed by atoms with Gasteiger partial charge in [0.1, 0.15) is 5.82 Å². The molecule has 2 aromatic carbocycles. The molecule has 0 saturated heterocycles. The molecule has 0 amide bonds. The lowest BCUT2D eigenvalue weighted by atomic mass is 10.1. The lowest BCUT2D eigenvalue weighted by molar-refractivity contribution is -0.139. The lowest BCUT2D eigenvalue weighted by Gasteiger charge is -2.07. The van der Waals surface area contributed by atoms with Gasteiger partial charge in [-0.2, -0.15) is 0 Å². The first-order valence-electron chi connectivity index (χ1n) is 8.10. The molecule has 1 aromatic heterocycles. The van der Waals surface area contributed by atoms with Crippen molar-refractivity contribution in [3.63, 3.8) is 0 Å². The van der Waals surface area contributed by atoms with Crippen molar-refractivity contribution in [1.29, 1.82) is 0 Å². The van der Waals surface area contributed by atoms with Gasteiger partial charge < -0.3 is 4.74 Å². The largest absolute Gasteiger partial charge is 0.469 e. The predicted molar refractivity (Wildman–Crippen MR) is 93.7 cm³/mol. The van der Waals surface area contributed by atoms with Gasteiger partial charge in [0.25, 0.3) is 0 Å². The number of carbonyl (C=O) groups excluding carboxylic acids is 1. The molecular formula is C20H20N2O2. The second-order valence-corrected chi connectivity index (χ2v) is 5.73. The zero-order chi connectivity index (χ0) is 16.8. The van der Waals surface area contributed by atoms with Crippen LogP contribution in [0.4, 0.5) is 0 Å². The molecule has 24 heavy (non-hydrogen) atoms. The van der Waals surface area contributed by atoms with Crippen molar-refractivity contribution in [2.45, 2.75) is 25.7 Å². The van der Waals surface area contributed by atoms with Crippen molar-refractivity contribution in [2.24, 2.45) is 0 Å². The highest BCUT2D eigenvalue weighted by molar-refractivity contribution is 5.85. The summed E-state index contributed by atoms with van der Waals surface area (Å²) >= 11 is 0. The Bertz CT molecular complexity index is 831. The number of nitrogens with zero attached hydrogens (tertiary/aromatic N) is 2. The van der Waals surface area contributed by atoms with Crippen LogP contribution in [-0.2, 0) is 28.8 Å². The third-order valence-corrected chi connectivity index (χ3v) is 4.02. The number of esters is 1. The number of benzene rings is 2. The minimum absolute atomic E-state index is 0.230. The summed E-state index contributed by atoms with van der Waals surface area (Å²) in [5.74, 6) is 0.558. The van der Waals surface area contributed by atoms with Crippen LogP contribution in [0.1, 0.15) is 23.4 Å². The molecule has 0 saturated carbocycles. The molecule has 4 heteroatoms. The zero-order valence-electron chi connectivity index (χ0n) is 13.7. The van der Waals surface area contributed by atoms with E-state index in [1.54, 1.807) is 0 Å². The summed E-state index contributed by atoms with van der Waals surface area (Å²) in [7, 11) is 1.40. The van der Waals surface area contributed by atoms with E-state index in [1.165, 1.54) is 12.7 Å². The van der Waals surface area contributed by atoms with Gasteiger partial charge in [0.2, 0.25) is 0 Å². The molecule has 4 nitrogen and oxygen atoms in total. The van der Waals surface area contributed by atoms with E-state index in [9.17, 15) is 4.79 Å². The number of aromatic nitrogens is 2. The lowest BCUT2D eigenvalue weighted by Crippen LogP contribution is -2.06. The molecule has 0 radical (unpaired) electrons. The van der Waals surface area contributed by atoms with Gasteiger partial charge in [-0.1, -0.05) is 48.5 Å². The fourth-order valence-electron chi connectivity index (χ4n) is 2.74. The number of aryl methyl sites for hydroxylation is 2. The number of hydrogen-bond acceptors (Lipinski definition) is 4. The first-order valence-corrected chi connectivity index (χ1v) is 8.10. The highest BCUT2D eigenvalue weighted by atomic mass is 16.5. The van der Waals surface area contributed by atoms with Crippen LogP contribution < -0.4 is 0 Å². The van der Waals surface area contributed by atoms with Crippen LogP contribution in [0.3, 0.4) is 0 Å². The standard InChI is InChI=1S/C20H20N2O2/c1-24-19(23)13-16-10-6-11-17-14-21-18(22-20(16)17)12-5-9-15-7-3-2-4-8-15/h2-4,6-8,10-11,14H,5,9,12-13H2,1H3. The number of fused-ring (bicyclic) bond motifs is 1. The van der Waals surface area contributed by atoms with Gasteiger partial charge in [0.15, 0.2) is 0 Å². The van der Waals surface area contributed by atoms with Crippen molar-refractivity contribution in [3.8, 4) is 0 Å². The summed E-state index contributed by atoms with van der Waals surface area (Å²) in [5.41, 5.74) is 3.04. The number of hydrogen-bond donors (Lipinski definition) is 0. The van der Waals surface area contributed by atoms with Crippen molar-refractivity contribution in [2.75, 3.05) is 7.11 Å². The maximum absolute atomic E-state index is 11.6. The van der Waals surface area contributed by atoms with Gasteiger partial charge in [-0.3, -0.25) is 4.79 Å². The molecule has 1 heterocycles. The van der Waals surface area contributed by atoms with E-state index < -0.39 is 0 Å². The second kappa shape index (κ2) is 7.68. The molecule has 0 fully saturated rings. The molecule has 0 aliphatic rings. The number of ether oxygens (including phenoxy) is 1. The quantitative estimate of drug-likeness (QED) is 0.652. The van der Waals surface area contributed by atoms with Crippen molar-refractivity contribution >= 4 is 16.9 Å². The Kier molecular flexibility index (Phi) is 5.16. The van der Waals surface area contributed by atoms with E-state index in [2.05, 4.69) is 34.2 Å². The molecule has 0 unspecified atom stereocenters. The molecule has 0 aliphatic carbocycles. The van der Waals surface area contributed by atoms with Gasteiger partial charge in [0.05, 0.1) is 19.0 Å². The number of para-hydroxylation sites is 1. The third kappa shape index (κ3) is 3.96. The normalized spacial score (nSPS) is 10.7. The molecule has 122 valence electrons. The van der Waals surface area contributed by atoms with Crippen LogP contribution in [0.2, 0.25) is 0 Å². The third-order valence-electron chi connectivity index (χ3n) is 4.02. The van der Waals surface area contributed by atoms with Gasteiger partial charge in [-0.25, -0.2) is 9.97 Å². The molecule has 0 N–H and O–H groups in total. The summed E-state index contributed by atoms with van der Waals surface area (Å²) in [6.07, 6.45) is 4.88. The Labute approximate surface area is 141 Å². The van der Waals surface area contributed by atoms with Gasteiger partial charge in [-0.05, 0) is 24.0 Å². The maximum Gasteiger partial charge on any atom is 0.310 e. The zero-order valence-corrected chi connectivity index (χ0v) is 13.7. The predicted octanol–water partition coefficient (Wildman–Crippen LogP) is 3.52. The first-order chi connectivity index (χ1) is 11.8. The van der Waals surface area contributed by atoms with E-state index >= 15 is 0 Å². The monoisotopic (exact) mass is 320 g/mol. The minimum Gasteiger partial charge on any atom is -0.469 e. The Morgan fingerprint density at radius 2 is 1.88 bits per heavy atom. The molecule has 3 rings (SSSR count). The topological polar surface area (TPSA) is 52.1 Å². The average molecular weight is 320 g/mol. The molecule has 0 aliphatic heterocycles. The fourth-order valence-corrected chi connectivity index (χ4v) is 2.74. The van der Waals surface area contributed by atoms with Crippen LogP contribution in [0.25, 0.3) is 10.9 Å². The second-order valence-electron chi connectivity index (χ2n) is 5.73. The molecule has 0 spiro atoms. The summed E-state index contributed by atoms with van der Waals surface area (Å²) < 4.78 is 4.76. The van der Waals surface area contributed by atoms with Crippen LogP contribution in [0, 0.1) is 0 Å². The van der Waals surface area contributed by atoms with E-state index in [1.807, 2.05) is 30.5 Å². The Hall–Kier alpha value is -2.75. The highest BCUT2D eigenvalue weighted by Crippen LogP contribution is 2.18. The molecule has 3 aromatic rings. The van der Waals surface area contributed by atoms with Crippen LogP contribution in [-0.4, -0.2) is 23.0 Å². The van der Waals surface area contributed by atoms with E-state index in [-0.39, 0.29) is 12.4 Å². The van der Waals surface area contributed by atoms with E-state index in [0.717, 1.165) is 41.6 Å². The molecular weight excluding hydrogens is 300 g/mol. The average Bonchev–Trinajstić information content (AvgIpc) is 2.63. The van der Waals surface area contributed by atoms with Crippen LogP contribution in [0.15, 0.2) is 54.7 Å². The Morgan fingerprint density at radius 1 is 1.04 bits per heavy atom. The van der Waals surface area contributed by atoms with E-state index in [0.29, 0.717) is 0 Å². The summed E-state index contributed by atoms with van der Waals surface area (Å²) in [5, 5.41) is 0.947. The highest BCUT2D eigenvalue weighted by Gasteiger charge is 2.09.